The molecule has 0 atom stereocenters. The standard InChI is InChI=1S/C17H17F3N2O3S/c1-11-3-4-15(7-12(11)2)26(23,24)22-9-14(10-22)25-16-8-13(5-6-21-16)17(18,19)20/h3-8,14H,9-10H2,1-2H3. The van der Waals surface area contributed by atoms with Gasteiger partial charge in [-0.2, -0.15) is 17.5 Å². The molecule has 0 N–H and O–H groups in total. The van der Waals surface area contributed by atoms with Crippen molar-refractivity contribution in [1.29, 1.82) is 0 Å². The van der Waals surface area contributed by atoms with Crippen molar-refractivity contribution in [3.05, 3.63) is 53.2 Å². The summed E-state index contributed by atoms with van der Waals surface area (Å²) >= 11 is 0. The van der Waals surface area contributed by atoms with Crippen LogP contribution in [-0.2, 0) is 16.2 Å². The van der Waals surface area contributed by atoms with Crippen molar-refractivity contribution in [2.75, 3.05) is 13.1 Å². The van der Waals surface area contributed by atoms with Gasteiger partial charge >= 0.3 is 6.18 Å². The number of hydrogen-bond acceptors (Lipinski definition) is 4. The van der Waals surface area contributed by atoms with E-state index in [1.54, 1.807) is 18.2 Å². The lowest BCUT2D eigenvalue weighted by Gasteiger charge is -2.37. The van der Waals surface area contributed by atoms with Gasteiger partial charge in [0.2, 0.25) is 15.9 Å². The molecule has 5 nitrogen and oxygen atoms in total. The second kappa shape index (κ2) is 6.55. The Morgan fingerprint density at radius 2 is 1.81 bits per heavy atom. The Hall–Kier alpha value is -2.13. The number of alkyl halides is 3. The minimum atomic E-state index is -4.49. The lowest BCUT2D eigenvalue weighted by atomic mass is 10.1. The molecule has 0 saturated carbocycles. The van der Waals surface area contributed by atoms with Gasteiger partial charge in [0.05, 0.1) is 23.5 Å². The quantitative estimate of drug-likeness (QED) is 0.810. The fourth-order valence-corrected chi connectivity index (χ4v) is 4.10. The van der Waals surface area contributed by atoms with Crippen LogP contribution in [0.3, 0.4) is 0 Å². The fraction of sp³-hybridized carbons (Fsp3) is 0.353. The highest BCUT2D eigenvalue weighted by Crippen LogP contribution is 2.31. The second-order valence-electron chi connectivity index (χ2n) is 6.19. The Morgan fingerprint density at radius 1 is 1.12 bits per heavy atom. The Morgan fingerprint density at radius 3 is 2.42 bits per heavy atom. The van der Waals surface area contributed by atoms with E-state index in [9.17, 15) is 21.6 Å². The van der Waals surface area contributed by atoms with E-state index in [1.165, 1.54) is 4.31 Å². The van der Waals surface area contributed by atoms with E-state index in [0.717, 1.165) is 29.5 Å². The molecule has 0 radical (unpaired) electrons. The number of aryl methyl sites for hydroxylation is 2. The average Bonchev–Trinajstić information content (AvgIpc) is 2.52. The van der Waals surface area contributed by atoms with E-state index in [2.05, 4.69) is 4.98 Å². The number of rotatable bonds is 4. The molecule has 1 aliphatic heterocycles. The van der Waals surface area contributed by atoms with Crippen molar-refractivity contribution in [2.24, 2.45) is 0 Å². The molecule has 26 heavy (non-hydrogen) atoms. The summed E-state index contributed by atoms with van der Waals surface area (Å²) in [4.78, 5) is 3.94. The third-order valence-electron chi connectivity index (χ3n) is 4.28. The van der Waals surface area contributed by atoms with E-state index in [0.29, 0.717) is 0 Å². The molecular weight excluding hydrogens is 369 g/mol. The fourth-order valence-electron chi connectivity index (χ4n) is 2.52. The van der Waals surface area contributed by atoms with Crippen LogP contribution in [0, 0.1) is 13.8 Å². The third kappa shape index (κ3) is 3.68. The zero-order chi connectivity index (χ0) is 19.1. The number of nitrogens with zero attached hydrogens (tertiary/aromatic N) is 2. The van der Waals surface area contributed by atoms with Crippen molar-refractivity contribution in [1.82, 2.24) is 9.29 Å². The van der Waals surface area contributed by atoms with Crippen molar-refractivity contribution >= 4 is 10.0 Å². The predicted octanol–water partition coefficient (Wildman–Crippen LogP) is 3.17. The number of halogens is 3. The zero-order valence-electron chi connectivity index (χ0n) is 14.1. The zero-order valence-corrected chi connectivity index (χ0v) is 14.9. The molecule has 1 saturated heterocycles. The molecule has 140 valence electrons. The minimum Gasteiger partial charge on any atom is -0.472 e. The molecule has 2 heterocycles. The Bertz CT molecular complexity index is 923. The molecule has 9 heteroatoms. The molecule has 1 fully saturated rings. The third-order valence-corrected chi connectivity index (χ3v) is 6.11. The van der Waals surface area contributed by atoms with Crippen LogP contribution in [0.4, 0.5) is 13.2 Å². The highest BCUT2D eigenvalue weighted by atomic mass is 32.2. The molecule has 1 aromatic heterocycles. The summed E-state index contributed by atoms with van der Waals surface area (Å²) in [5.74, 6) is -0.173. The number of hydrogen-bond donors (Lipinski definition) is 0. The summed E-state index contributed by atoms with van der Waals surface area (Å²) in [6, 6.07) is 6.54. The largest absolute Gasteiger partial charge is 0.472 e. The van der Waals surface area contributed by atoms with Crippen LogP contribution in [0.25, 0.3) is 0 Å². The van der Waals surface area contributed by atoms with Crippen LogP contribution >= 0.6 is 0 Å². The van der Waals surface area contributed by atoms with Gasteiger partial charge in [0, 0.05) is 12.3 Å². The molecule has 0 bridgehead atoms. The summed E-state index contributed by atoms with van der Waals surface area (Å²) in [7, 11) is -3.65. The van der Waals surface area contributed by atoms with Crippen LogP contribution in [0.2, 0.25) is 0 Å². The summed E-state index contributed by atoms with van der Waals surface area (Å²) < 4.78 is 69.8. The molecule has 2 aromatic rings. The first-order valence-electron chi connectivity index (χ1n) is 7.84. The van der Waals surface area contributed by atoms with Crippen molar-refractivity contribution in [2.45, 2.75) is 31.0 Å². The smallest absolute Gasteiger partial charge is 0.416 e. The lowest BCUT2D eigenvalue weighted by Crippen LogP contribution is -2.56. The first-order valence-corrected chi connectivity index (χ1v) is 9.29. The minimum absolute atomic E-state index is 0.0627. The SMILES string of the molecule is Cc1ccc(S(=O)(=O)N2CC(Oc3cc(C(F)(F)F)ccn3)C2)cc1C. The molecule has 0 unspecified atom stereocenters. The van der Waals surface area contributed by atoms with E-state index < -0.39 is 27.9 Å². The van der Waals surface area contributed by atoms with Gasteiger partial charge in [-0.1, -0.05) is 6.07 Å². The summed E-state index contributed by atoms with van der Waals surface area (Å²) in [6.45, 7) is 3.84. The van der Waals surface area contributed by atoms with Crippen molar-refractivity contribution in [3.63, 3.8) is 0 Å². The van der Waals surface area contributed by atoms with E-state index >= 15 is 0 Å². The molecule has 0 spiro atoms. The normalized spacial score (nSPS) is 16.3. The maximum Gasteiger partial charge on any atom is 0.416 e. The predicted molar refractivity (Wildman–Crippen MR) is 88.3 cm³/mol. The number of ether oxygens (including phenoxy) is 1. The van der Waals surface area contributed by atoms with Crippen molar-refractivity contribution in [3.8, 4) is 5.88 Å². The maximum atomic E-state index is 12.7. The van der Waals surface area contributed by atoms with Gasteiger partial charge in [-0.3, -0.25) is 0 Å². The molecule has 3 rings (SSSR count). The lowest BCUT2D eigenvalue weighted by molar-refractivity contribution is -0.137. The molecule has 0 amide bonds. The van der Waals surface area contributed by atoms with Crippen LogP contribution < -0.4 is 4.74 Å². The van der Waals surface area contributed by atoms with Gasteiger partial charge in [0.15, 0.2) is 0 Å². The highest BCUT2D eigenvalue weighted by molar-refractivity contribution is 7.89. The van der Waals surface area contributed by atoms with Crippen LogP contribution in [0.5, 0.6) is 5.88 Å². The van der Waals surface area contributed by atoms with E-state index in [1.807, 2.05) is 13.8 Å². The summed E-state index contributed by atoms with van der Waals surface area (Å²) in [5, 5.41) is 0. The van der Waals surface area contributed by atoms with Crippen LogP contribution in [-0.4, -0.2) is 36.9 Å². The molecule has 1 aromatic carbocycles. The second-order valence-corrected chi connectivity index (χ2v) is 8.13. The number of pyridine rings is 1. The first-order chi connectivity index (χ1) is 12.1. The van der Waals surface area contributed by atoms with Gasteiger partial charge in [-0.15, -0.1) is 0 Å². The van der Waals surface area contributed by atoms with Crippen molar-refractivity contribution < 1.29 is 26.3 Å². The Balaban J connectivity index is 1.66. The van der Waals surface area contributed by atoms with Gasteiger partial charge in [0.1, 0.15) is 6.10 Å². The van der Waals surface area contributed by atoms with E-state index in [4.69, 9.17) is 4.74 Å². The number of sulfonamides is 1. The van der Waals surface area contributed by atoms with Gasteiger partial charge in [-0.05, 0) is 43.2 Å². The maximum absolute atomic E-state index is 12.7. The molecular formula is C17H17F3N2O3S. The summed E-state index contributed by atoms with van der Waals surface area (Å²) in [5.41, 5.74) is 0.999. The van der Waals surface area contributed by atoms with Gasteiger partial charge in [-0.25, -0.2) is 13.4 Å². The van der Waals surface area contributed by atoms with Gasteiger partial charge in [0.25, 0.3) is 0 Å². The Kier molecular flexibility index (Phi) is 4.70. The van der Waals surface area contributed by atoms with E-state index in [-0.39, 0.29) is 23.9 Å². The van der Waals surface area contributed by atoms with Crippen LogP contribution in [0.15, 0.2) is 41.4 Å². The van der Waals surface area contributed by atoms with Crippen LogP contribution in [0.1, 0.15) is 16.7 Å². The first kappa shape index (κ1) is 18.7. The Labute approximate surface area is 149 Å². The number of aromatic nitrogens is 1. The highest BCUT2D eigenvalue weighted by Gasteiger charge is 2.39. The summed E-state index contributed by atoms with van der Waals surface area (Å²) in [6.07, 6.45) is -4.01. The molecule has 1 aliphatic rings. The van der Waals surface area contributed by atoms with Gasteiger partial charge < -0.3 is 4.74 Å². The number of benzene rings is 1. The average molecular weight is 386 g/mol. The molecule has 0 aliphatic carbocycles. The topological polar surface area (TPSA) is 59.5 Å². The monoisotopic (exact) mass is 386 g/mol.